The number of hydrogen-bond acceptors (Lipinski definition) is 7. The molecule has 1 atom stereocenters. The number of ether oxygens (including phenoxy) is 2. The Balaban J connectivity index is 0.00000841. The largest absolute Gasteiger partial charge is 1.00 e. The maximum atomic E-state index is 12.3. The van der Waals surface area contributed by atoms with E-state index in [0.717, 1.165) is 26.2 Å². The molecule has 0 aliphatic carbocycles. The molecule has 7 nitrogen and oxygen atoms in total. The van der Waals surface area contributed by atoms with Gasteiger partial charge in [0.05, 0.1) is 17.7 Å². The van der Waals surface area contributed by atoms with Crippen LogP contribution in [-0.2, 0) is 19.6 Å². The standard InChI is InChI=1S/C21H32O7S.Na/c1-3-4-5-6-7-8-9-10-13-16-27-20(22)18-14-11-12-15-19(18)21(23)28-17(2)29(24,25)26;/h11-12,14-15,17H,3-10,13,16H2,1-2H3,(H,24,25,26);/q;+1/p-1. The SMILES string of the molecule is CCCCCCCCCCCOC(=O)c1ccccc1C(=O)OC(C)S(=O)(=O)[O-].[Na+]. The van der Waals surface area contributed by atoms with Gasteiger partial charge < -0.3 is 14.0 Å². The van der Waals surface area contributed by atoms with Crippen LogP contribution in [0.3, 0.4) is 0 Å². The van der Waals surface area contributed by atoms with Crippen LogP contribution < -0.4 is 29.6 Å². The summed E-state index contributed by atoms with van der Waals surface area (Å²) >= 11 is 0. The molecule has 0 saturated carbocycles. The molecule has 0 saturated heterocycles. The minimum Gasteiger partial charge on any atom is -0.745 e. The second-order valence-electron chi connectivity index (χ2n) is 6.98. The van der Waals surface area contributed by atoms with Crippen molar-refractivity contribution in [3.8, 4) is 0 Å². The number of unbranched alkanes of at least 4 members (excludes halogenated alkanes) is 8. The molecule has 0 radical (unpaired) electrons. The maximum Gasteiger partial charge on any atom is 1.00 e. The third-order valence-electron chi connectivity index (χ3n) is 4.53. The van der Waals surface area contributed by atoms with E-state index in [4.69, 9.17) is 4.74 Å². The monoisotopic (exact) mass is 450 g/mol. The van der Waals surface area contributed by atoms with Crippen LogP contribution in [0.15, 0.2) is 24.3 Å². The van der Waals surface area contributed by atoms with E-state index in [-0.39, 0.29) is 47.3 Å². The van der Waals surface area contributed by atoms with Gasteiger partial charge in [-0.3, -0.25) is 0 Å². The van der Waals surface area contributed by atoms with E-state index >= 15 is 0 Å². The van der Waals surface area contributed by atoms with Crippen LogP contribution in [0.25, 0.3) is 0 Å². The van der Waals surface area contributed by atoms with E-state index in [1.807, 2.05) is 0 Å². The Labute approximate surface area is 201 Å². The summed E-state index contributed by atoms with van der Waals surface area (Å²) in [5, 5.41) is 0. The molecule has 1 aromatic carbocycles. The first kappa shape index (κ1) is 29.1. The molecular weight excluding hydrogens is 419 g/mol. The van der Waals surface area contributed by atoms with Gasteiger partial charge in [-0.2, -0.15) is 0 Å². The number of esters is 2. The van der Waals surface area contributed by atoms with E-state index in [0.29, 0.717) is 0 Å². The van der Waals surface area contributed by atoms with Crippen molar-refractivity contribution in [1.29, 1.82) is 0 Å². The van der Waals surface area contributed by atoms with Crippen LogP contribution >= 0.6 is 0 Å². The van der Waals surface area contributed by atoms with Crippen molar-refractivity contribution < 1.29 is 61.6 Å². The van der Waals surface area contributed by atoms with E-state index < -0.39 is 27.5 Å². The van der Waals surface area contributed by atoms with Crippen LogP contribution in [-0.4, -0.2) is 37.0 Å². The van der Waals surface area contributed by atoms with Crippen LogP contribution in [0.2, 0.25) is 0 Å². The number of benzene rings is 1. The molecular formula is C21H31NaO7S. The fourth-order valence-corrected chi connectivity index (χ4v) is 2.97. The van der Waals surface area contributed by atoms with Crippen LogP contribution in [0, 0.1) is 0 Å². The average molecular weight is 451 g/mol. The Morgan fingerprint density at radius 3 is 1.87 bits per heavy atom. The predicted molar refractivity (Wildman–Crippen MR) is 109 cm³/mol. The van der Waals surface area contributed by atoms with Gasteiger partial charge in [0.1, 0.15) is 10.1 Å². The fraction of sp³-hybridized carbons (Fsp3) is 0.619. The molecule has 1 aromatic rings. The summed E-state index contributed by atoms with van der Waals surface area (Å²) in [5.41, 5.74) is -2.01. The first-order valence-electron chi connectivity index (χ1n) is 10.2. The molecule has 0 N–H and O–H groups in total. The van der Waals surface area contributed by atoms with Crippen molar-refractivity contribution in [2.75, 3.05) is 6.61 Å². The summed E-state index contributed by atoms with van der Waals surface area (Å²) in [6.45, 7) is 3.40. The minimum atomic E-state index is -4.78. The molecule has 0 aromatic heterocycles. The summed E-state index contributed by atoms with van der Waals surface area (Å²) in [5.74, 6) is -1.75. The van der Waals surface area contributed by atoms with Gasteiger partial charge in [0.25, 0.3) is 0 Å². The topological polar surface area (TPSA) is 110 Å². The summed E-state index contributed by atoms with van der Waals surface area (Å²) in [4.78, 5) is 24.4. The van der Waals surface area contributed by atoms with Gasteiger partial charge in [0.15, 0.2) is 5.44 Å². The molecule has 0 spiro atoms. The fourth-order valence-electron chi connectivity index (χ4n) is 2.77. The van der Waals surface area contributed by atoms with Crippen molar-refractivity contribution >= 4 is 22.1 Å². The zero-order valence-electron chi connectivity index (χ0n) is 18.2. The molecule has 0 fully saturated rings. The summed E-state index contributed by atoms with van der Waals surface area (Å²) < 4.78 is 42.6. The zero-order chi connectivity index (χ0) is 21.7. The van der Waals surface area contributed by atoms with Crippen molar-refractivity contribution in [3.63, 3.8) is 0 Å². The number of carbonyl (C=O) groups excluding carboxylic acids is 2. The van der Waals surface area contributed by atoms with Crippen LogP contribution in [0.1, 0.15) is 92.4 Å². The molecule has 0 aliphatic rings. The number of hydrogen-bond donors (Lipinski definition) is 0. The molecule has 0 bridgehead atoms. The third kappa shape index (κ3) is 11.5. The van der Waals surface area contributed by atoms with Gasteiger partial charge in [-0.15, -0.1) is 0 Å². The van der Waals surface area contributed by atoms with E-state index in [1.165, 1.54) is 56.7 Å². The third-order valence-corrected chi connectivity index (χ3v) is 5.44. The smallest absolute Gasteiger partial charge is 0.745 e. The van der Waals surface area contributed by atoms with Crippen LogP contribution in [0.5, 0.6) is 0 Å². The molecule has 1 unspecified atom stereocenters. The van der Waals surface area contributed by atoms with Gasteiger partial charge >= 0.3 is 41.5 Å². The second-order valence-corrected chi connectivity index (χ2v) is 8.63. The molecule has 9 heteroatoms. The van der Waals surface area contributed by atoms with Crippen molar-refractivity contribution in [2.24, 2.45) is 0 Å². The van der Waals surface area contributed by atoms with Crippen molar-refractivity contribution in [1.82, 2.24) is 0 Å². The van der Waals surface area contributed by atoms with Crippen LogP contribution in [0.4, 0.5) is 0 Å². The van der Waals surface area contributed by atoms with Gasteiger partial charge in [-0.25, -0.2) is 18.0 Å². The minimum absolute atomic E-state index is 0. The Bertz CT molecular complexity index is 749. The van der Waals surface area contributed by atoms with E-state index in [2.05, 4.69) is 11.7 Å². The Morgan fingerprint density at radius 2 is 1.37 bits per heavy atom. The first-order chi connectivity index (χ1) is 13.8. The van der Waals surface area contributed by atoms with Gasteiger partial charge in [-0.05, 0) is 25.5 Å². The number of carbonyl (C=O) groups is 2. The normalized spacial score (nSPS) is 12.0. The Hall–Kier alpha value is -0.930. The quantitative estimate of drug-likeness (QED) is 0.182. The molecule has 30 heavy (non-hydrogen) atoms. The van der Waals surface area contributed by atoms with Gasteiger partial charge in [0.2, 0.25) is 0 Å². The van der Waals surface area contributed by atoms with Gasteiger partial charge in [-0.1, -0.05) is 70.4 Å². The zero-order valence-corrected chi connectivity index (χ0v) is 21.0. The second kappa shape index (κ2) is 15.8. The molecule has 0 amide bonds. The predicted octanol–water partition coefficient (Wildman–Crippen LogP) is 1.43. The average Bonchev–Trinajstić information content (AvgIpc) is 2.68. The molecule has 164 valence electrons. The summed E-state index contributed by atoms with van der Waals surface area (Å²) in [6, 6.07) is 5.77. The van der Waals surface area contributed by atoms with Crippen molar-refractivity contribution in [3.05, 3.63) is 35.4 Å². The summed E-state index contributed by atoms with van der Waals surface area (Å²) in [7, 11) is -4.78. The number of rotatable bonds is 14. The summed E-state index contributed by atoms with van der Waals surface area (Å²) in [6.07, 6.45) is 10.3. The van der Waals surface area contributed by atoms with E-state index in [1.54, 1.807) is 6.07 Å². The molecule has 0 aliphatic heterocycles. The first-order valence-corrected chi connectivity index (χ1v) is 11.7. The Morgan fingerprint density at radius 1 is 0.900 bits per heavy atom. The molecule has 1 rings (SSSR count). The maximum absolute atomic E-state index is 12.3. The molecule has 0 heterocycles. The van der Waals surface area contributed by atoms with Crippen molar-refractivity contribution in [2.45, 2.75) is 77.1 Å². The van der Waals surface area contributed by atoms with E-state index in [9.17, 15) is 22.6 Å². The van der Waals surface area contributed by atoms with Gasteiger partial charge in [0, 0.05) is 0 Å². The Kier molecular flexibility index (Phi) is 15.3.